The molecular weight excluding hydrogens is 485 g/mol. The van der Waals surface area contributed by atoms with Gasteiger partial charge in [-0.25, -0.2) is 13.4 Å². The normalized spacial score (nSPS) is 14.3. The Morgan fingerprint density at radius 3 is 2.60 bits per heavy atom. The number of carbonyl (C=O) groups is 1. The van der Waals surface area contributed by atoms with Gasteiger partial charge in [-0.1, -0.05) is 12.1 Å². The van der Waals surface area contributed by atoms with Crippen LogP contribution in [0.25, 0.3) is 11.5 Å². The molecule has 1 N–H and O–H groups in total. The second-order valence-electron chi connectivity index (χ2n) is 8.45. The van der Waals surface area contributed by atoms with Crippen molar-refractivity contribution in [2.75, 3.05) is 11.1 Å². The minimum absolute atomic E-state index is 0.0302. The highest BCUT2D eigenvalue weighted by Gasteiger charge is 2.35. The number of halogens is 3. The van der Waals surface area contributed by atoms with Gasteiger partial charge in [0.15, 0.2) is 5.82 Å². The Bertz CT molecular complexity index is 1350. The molecule has 0 spiro atoms. The van der Waals surface area contributed by atoms with Crippen molar-refractivity contribution < 1.29 is 26.4 Å². The molecule has 3 heterocycles. The molecule has 1 aliphatic heterocycles. The molecule has 0 aliphatic carbocycles. The van der Waals surface area contributed by atoms with Crippen LogP contribution < -0.4 is 5.32 Å². The summed E-state index contributed by atoms with van der Waals surface area (Å²) < 4.78 is 64.9. The van der Waals surface area contributed by atoms with Crippen molar-refractivity contribution in [3.8, 4) is 11.5 Å². The van der Waals surface area contributed by atoms with Gasteiger partial charge in [-0.05, 0) is 49.2 Å². The molecule has 1 aliphatic rings. The third-order valence-corrected chi connectivity index (χ3v) is 7.31. The number of hydrogen-bond acceptors (Lipinski definition) is 6. The largest absolute Gasteiger partial charge is 0.390 e. The van der Waals surface area contributed by atoms with Crippen LogP contribution in [0.15, 0.2) is 42.7 Å². The third-order valence-electron chi connectivity index (χ3n) is 5.55. The molecule has 35 heavy (non-hydrogen) atoms. The van der Waals surface area contributed by atoms with E-state index in [-0.39, 0.29) is 24.7 Å². The molecule has 0 saturated carbocycles. The standard InChI is InChI=1S/C22H23F3N6O3S/c1-14(2)31-13-26-29-20(31)18-4-3-5-19(27-18)28-21(32)15-6-7-16-11-30(12-17(16)10-15)35(33,34)9-8-22(23,24)25/h3-7,10,13-14H,8-9,11-12H2,1-2H3,(H,27,28,32). The minimum atomic E-state index is -4.55. The molecule has 2 aromatic heterocycles. The van der Waals surface area contributed by atoms with Crippen molar-refractivity contribution in [3.63, 3.8) is 0 Å². The maximum absolute atomic E-state index is 12.8. The Labute approximate surface area is 200 Å². The maximum Gasteiger partial charge on any atom is 0.390 e. The first-order valence-electron chi connectivity index (χ1n) is 10.8. The number of anilines is 1. The number of carbonyl (C=O) groups excluding carboxylic acids is 1. The summed E-state index contributed by atoms with van der Waals surface area (Å²) in [7, 11) is -4.09. The van der Waals surface area contributed by atoms with Gasteiger partial charge in [-0.15, -0.1) is 10.2 Å². The molecule has 4 rings (SSSR count). The highest BCUT2D eigenvalue weighted by molar-refractivity contribution is 7.89. The lowest BCUT2D eigenvalue weighted by atomic mass is 10.1. The summed E-state index contributed by atoms with van der Waals surface area (Å²) in [6.45, 7) is 3.84. The molecular formula is C22H23F3N6O3S. The number of rotatable bonds is 7. The minimum Gasteiger partial charge on any atom is -0.310 e. The first-order valence-corrected chi connectivity index (χ1v) is 12.4. The molecule has 9 nitrogen and oxygen atoms in total. The molecule has 1 amide bonds. The smallest absolute Gasteiger partial charge is 0.310 e. The van der Waals surface area contributed by atoms with E-state index < -0.39 is 34.3 Å². The van der Waals surface area contributed by atoms with Crippen LogP contribution in [0.1, 0.15) is 47.8 Å². The first-order chi connectivity index (χ1) is 16.4. The highest BCUT2D eigenvalue weighted by Crippen LogP contribution is 2.29. The molecule has 0 unspecified atom stereocenters. The summed E-state index contributed by atoms with van der Waals surface area (Å²) in [6.07, 6.45) is -4.36. The van der Waals surface area contributed by atoms with Crippen LogP contribution in [-0.2, 0) is 23.1 Å². The molecule has 0 bridgehead atoms. The Balaban J connectivity index is 1.47. The van der Waals surface area contributed by atoms with E-state index in [1.807, 2.05) is 18.4 Å². The van der Waals surface area contributed by atoms with E-state index >= 15 is 0 Å². The van der Waals surface area contributed by atoms with Crippen LogP contribution in [0.4, 0.5) is 19.0 Å². The number of pyridine rings is 1. The van der Waals surface area contributed by atoms with Crippen molar-refractivity contribution in [3.05, 3.63) is 59.4 Å². The van der Waals surface area contributed by atoms with Crippen molar-refractivity contribution >= 4 is 21.7 Å². The summed E-state index contributed by atoms with van der Waals surface area (Å²) in [5.74, 6) is -0.617. The average molecular weight is 509 g/mol. The number of nitrogens with zero attached hydrogens (tertiary/aromatic N) is 5. The van der Waals surface area contributed by atoms with E-state index in [9.17, 15) is 26.4 Å². The predicted octanol–water partition coefficient (Wildman–Crippen LogP) is 3.77. The van der Waals surface area contributed by atoms with Gasteiger partial charge in [-0.2, -0.15) is 17.5 Å². The van der Waals surface area contributed by atoms with Crippen molar-refractivity contribution in [2.24, 2.45) is 0 Å². The molecule has 0 saturated heterocycles. The van der Waals surface area contributed by atoms with E-state index in [0.717, 1.165) is 4.31 Å². The zero-order valence-corrected chi connectivity index (χ0v) is 19.8. The van der Waals surface area contributed by atoms with Crippen LogP contribution in [0, 0.1) is 0 Å². The lowest BCUT2D eigenvalue weighted by Gasteiger charge is -2.16. The fourth-order valence-corrected chi connectivity index (χ4v) is 5.12. The number of fused-ring (bicyclic) bond motifs is 1. The quantitative estimate of drug-likeness (QED) is 0.520. The summed E-state index contributed by atoms with van der Waals surface area (Å²) in [5, 5.41) is 10.7. The Kier molecular flexibility index (Phi) is 6.64. The number of nitrogens with one attached hydrogen (secondary N) is 1. The van der Waals surface area contributed by atoms with Gasteiger partial charge in [0.1, 0.15) is 17.8 Å². The molecule has 186 valence electrons. The van der Waals surface area contributed by atoms with Gasteiger partial charge in [0, 0.05) is 24.7 Å². The number of alkyl halides is 3. The monoisotopic (exact) mass is 508 g/mol. The van der Waals surface area contributed by atoms with Gasteiger partial charge >= 0.3 is 6.18 Å². The zero-order chi connectivity index (χ0) is 25.4. The number of benzene rings is 1. The van der Waals surface area contributed by atoms with E-state index in [1.54, 1.807) is 42.7 Å². The molecule has 1 aromatic carbocycles. The number of sulfonamides is 1. The third kappa shape index (κ3) is 5.68. The van der Waals surface area contributed by atoms with Crippen LogP contribution in [0.5, 0.6) is 0 Å². The fraction of sp³-hybridized carbons (Fsp3) is 0.364. The summed E-state index contributed by atoms with van der Waals surface area (Å²) in [6, 6.07) is 9.91. The topological polar surface area (TPSA) is 110 Å². The van der Waals surface area contributed by atoms with E-state index in [2.05, 4.69) is 20.5 Å². The van der Waals surface area contributed by atoms with Gasteiger partial charge in [-0.3, -0.25) is 4.79 Å². The second kappa shape index (κ2) is 9.38. The lowest BCUT2D eigenvalue weighted by molar-refractivity contribution is -0.130. The number of aromatic nitrogens is 4. The molecule has 0 fully saturated rings. The molecule has 3 aromatic rings. The van der Waals surface area contributed by atoms with Crippen LogP contribution in [0.3, 0.4) is 0 Å². The van der Waals surface area contributed by atoms with E-state index in [0.29, 0.717) is 28.5 Å². The lowest BCUT2D eigenvalue weighted by Crippen LogP contribution is -2.30. The van der Waals surface area contributed by atoms with Crippen LogP contribution in [-0.4, -0.2) is 50.3 Å². The van der Waals surface area contributed by atoms with Crippen LogP contribution >= 0.6 is 0 Å². The summed E-state index contributed by atoms with van der Waals surface area (Å²) in [4.78, 5) is 17.3. The predicted molar refractivity (Wildman–Crippen MR) is 122 cm³/mol. The molecule has 13 heteroatoms. The van der Waals surface area contributed by atoms with E-state index in [4.69, 9.17) is 0 Å². The summed E-state index contributed by atoms with van der Waals surface area (Å²) in [5.41, 5.74) is 2.02. The molecule has 0 atom stereocenters. The van der Waals surface area contributed by atoms with Gasteiger partial charge in [0.05, 0.1) is 12.2 Å². The van der Waals surface area contributed by atoms with Gasteiger partial charge in [0.2, 0.25) is 10.0 Å². The highest BCUT2D eigenvalue weighted by atomic mass is 32.2. The van der Waals surface area contributed by atoms with Crippen molar-refractivity contribution in [2.45, 2.75) is 45.6 Å². The van der Waals surface area contributed by atoms with Crippen molar-refractivity contribution in [1.82, 2.24) is 24.1 Å². The van der Waals surface area contributed by atoms with Crippen LogP contribution in [0.2, 0.25) is 0 Å². The average Bonchev–Trinajstić information content (AvgIpc) is 3.45. The SMILES string of the molecule is CC(C)n1cnnc1-c1cccc(NC(=O)c2ccc3c(c2)CN(S(=O)(=O)CCC(F)(F)F)C3)n1. The second-order valence-corrected chi connectivity index (χ2v) is 10.5. The summed E-state index contributed by atoms with van der Waals surface area (Å²) >= 11 is 0. The van der Waals surface area contributed by atoms with E-state index in [1.165, 1.54) is 0 Å². The van der Waals surface area contributed by atoms with Gasteiger partial charge in [0.25, 0.3) is 5.91 Å². The first kappa shape index (κ1) is 24.8. The zero-order valence-electron chi connectivity index (χ0n) is 19.0. The fourth-order valence-electron chi connectivity index (χ4n) is 3.70. The number of hydrogen-bond donors (Lipinski definition) is 1. The van der Waals surface area contributed by atoms with Crippen molar-refractivity contribution in [1.29, 1.82) is 0 Å². The maximum atomic E-state index is 12.8. The molecule has 0 radical (unpaired) electrons. The van der Waals surface area contributed by atoms with Gasteiger partial charge < -0.3 is 9.88 Å². The Morgan fingerprint density at radius 2 is 1.89 bits per heavy atom. The number of amides is 1. The Morgan fingerprint density at radius 1 is 1.14 bits per heavy atom. The Hall–Kier alpha value is -3.32.